The molecule has 1 saturated heterocycles. The molecule has 0 aromatic carbocycles. The lowest BCUT2D eigenvalue weighted by atomic mass is 10.2. The molecule has 1 aliphatic heterocycles. The van der Waals surface area contributed by atoms with E-state index in [4.69, 9.17) is 0 Å². The number of aromatic nitrogens is 4. The van der Waals surface area contributed by atoms with Gasteiger partial charge in [-0.1, -0.05) is 6.92 Å². The lowest BCUT2D eigenvalue weighted by Gasteiger charge is -2.27. The molecular formula is C19H22N6OS. The molecule has 1 fully saturated rings. The van der Waals surface area contributed by atoms with E-state index in [0.717, 1.165) is 48.7 Å². The summed E-state index contributed by atoms with van der Waals surface area (Å²) in [5.41, 5.74) is 2.36. The summed E-state index contributed by atoms with van der Waals surface area (Å²) in [6.07, 6.45) is 9.11. The number of carbonyl (C=O) groups excluding carboxylic acids is 1. The van der Waals surface area contributed by atoms with Crippen LogP contribution in [0.4, 0.5) is 0 Å². The van der Waals surface area contributed by atoms with Crippen molar-refractivity contribution in [2.45, 2.75) is 25.8 Å². The highest BCUT2D eigenvalue weighted by atomic mass is 32.1. The number of nitrogens with one attached hydrogen (secondary N) is 1. The van der Waals surface area contributed by atoms with E-state index in [1.54, 1.807) is 23.3 Å². The highest BCUT2D eigenvalue weighted by Gasteiger charge is 2.28. The summed E-state index contributed by atoms with van der Waals surface area (Å²) in [7, 11) is 0. The Kier molecular flexibility index (Phi) is 5.26. The molecule has 27 heavy (non-hydrogen) atoms. The second-order valence-electron chi connectivity index (χ2n) is 6.56. The summed E-state index contributed by atoms with van der Waals surface area (Å²) in [6, 6.07) is 4.05. The van der Waals surface area contributed by atoms with Crippen molar-refractivity contribution in [2.24, 2.45) is 0 Å². The Hall–Kier alpha value is -2.58. The molecule has 0 saturated carbocycles. The molecule has 3 aromatic rings. The first-order valence-electron chi connectivity index (χ1n) is 9.19. The molecule has 0 bridgehead atoms. The van der Waals surface area contributed by atoms with Gasteiger partial charge in [-0.25, -0.2) is 9.67 Å². The molecule has 4 rings (SSSR count). The summed E-state index contributed by atoms with van der Waals surface area (Å²) in [4.78, 5) is 23.6. The van der Waals surface area contributed by atoms with E-state index < -0.39 is 0 Å². The van der Waals surface area contributed by atoms with Crippen molar-refractivity contribution in [2.75, 3.05) is 19.6 Å². The van der Waals surface area contributed by atoms with Crippen LogP contribution < -0.4 is 5.32 Å². The van der Waals surface area contributed by atoms with E-state index in [-0.39, 0.29) is 11.9 Å². The van der Waals surface area contributed by atoms with Gasteiger partial charge in [0.1, 0.15) is 10.7 Å². The first-order chi connectivity index (χ1) is 13.3. The molecule has 4 heterocycles. The minimum Gasteiger partial charge on any atom is -0.333 e. The van der Waals surface area contributed by atoms with Crippen LogP contribution in [-0.4, -0.2) is 56.2 Å². The van der Waals surface area contributed by atoms with Crippen LogP contribution in [0.3, 0.4) is 0 Å². The molecule has 7 nitrogen and oxygen atoms in total. The third-order valence-corrected chi connectivity index (χ3v) is 5.57. The molecule has 8 heteroatoms. The predicted octanol–water partition coefficient (Wildman–Crippen LogP) is 2.60. The Labute approximate surface area is 162 Å². The zero-order chi connectivity index (χ0) is 18.6. The SMILES string of the molecule is CCCN(C(=O)c1csc(-c2cnn(-c3ccncc3)c2)n1)[C@@H]1CCNC1. The highest BCUT2D eigenvalue weighted by molar-refractivity contribution is 7.13. The lowest BCUT2D eigenvalue weighted by molar-refractivity contribution is 0.0687. The summed E-state index contributed by atoms with van der Waals surface area (Å²) >= 11 is 1.48. The minimum absolute atomic E-state index is 0.0228. The summed E-state index contributed by atoms with van der Waals surface area (Å²) in [6.45, 7) is 4.69. The lowest BCUT2D eigenvalue weighted by Crippen LogP contribution is -2.42. The minimum atomic E-state index is 0.0228. The maximum absolute atomic E-state index is 13.0. The maximum Gasteiger partial charge on any atom is 0.273 e. The highest BCUT2D eigenvalue weighted by Crippen LogP contribution is 2.25. The van der Waals surface area contributed by atoms with Gasteiger partial charge in [0.15, 0.2) is 0 Å². The van der Waals surface area contributed by atoms with Gasteiger partial charge < -0.3 is 10.2 Å². The van der Waals surface area contributed by atoms with E-state index in [1.807, 2.05) is 28.6 Å². The van der Waals surface area contributed by atoms with Crippen molar-refractivity contribution in [3.63, 3.8) is 0 Å². The predicted molar refractivity (Wildman–Crippen MR) is 105 cm³/mol. The number of hydrogen-bond acceptors (Lipinski definition) is 6. The molecule has 0 unspecified atom stereocenters. The number of amides is 1. The average molecular weight is 382 g/mol. The van der Waals surface area contributed by atoms with Crippen LogP contribution in [-0.2, 0) is 0 Å². The van der Waals surface area contributed by atoms with Crippen LogP contribution in [0.5, 0.6) is 0 Å². The van der Waals surface area contributed by atoms with Crippen LogP contribution in [0.2, 0.25) is 0 Å². The van der Waals surface area contributed by atoms with Crippen molar-refractivity contribution in [3.05, 3.63) is 48.0 Å². The zero-order valence-corrected chi connectivity index (χ0v) is 16.0. The number of carbonyl (C=O) groups is 1. The number of pyridine rings is 1. The zero-order valence-electron chi connectivity index (χ0n) is 15.2. The number of rotatable bonds is 6. The first-order valence-corrected chi connectivity index (χ1v) is 10.1. The van der Waals surface area contributed by atoms with Gasteiger partial charge in [-0.05, 0) is 31.5 Å². The number of thiazole rings is 1. The van der Waals surface area contributed by atoms with Crippen LogP contribution in [0, 0.1) is 0 Å². The van der Waals surface area contributed by atoms with Crippen molar-refractivity contribution in [1.29, 1.82) is 0 Å². The van der Waals surface area contributed by atoms with E-state index >= 15 is 0 Å². The molecule has 1 N–H and O–H groups in total. The van der Waals surface area contributed by atoms with Gasteiger partial charge in [0.05, 0.1) is 11.9 Å². The van der Waals surface area contributed by atoms with Crippen molar-refractivity contribution in [3.8, 4) is 16.3 Å². The molecule has 3 aromatic heterocycles. The van der Waals surface area contributed by atoms with Crippen LogP contribution in [0.25, 0.3) is 16.3 Å². The quantitative estimate of drug-likeness (QED) is 0.709. The molecule has 1 amide bonds. The molecule has 1 atom stereocenters. The van der Waals surface area contributed by atoms with E-state index in [0.29, 0.717) is 5.69 Å². The Bertz CT molecular complexity index is 900. The average Bonchev–Trinajstić information content (AvgIpc) is 3.47. The third-order valence-electron chi connectivity index (χ3n) is 4.68. The maximum atomic E-state index is 13.0. The topological polar surface area (TPSA) is 75.9 Å². The Morgan fingerprint density at radius 1 is 1.41 bits per heavy atom. The number of nitrogens with zero attached hydrogens (tertiary/aromatic N) is 5. The third kappa shape index (κ3) is 3.77. The van der Waals surface area contributed by atoms with Crippen LogP contribution in [0.1, 0.15) is 30.3 Å². The molecule has 0 aliphatic carbocycles. The van der Waals surface area contributed by atoms with Gasteiger partial charge in [-0.3, -0.25) is 9.78 Å². The second kappa shape index (κ2) is 7.98. The second-order valence-corrected chi connectivity index (χ2v) is 7.42. The fourth-order valence-electron chi connectivity index (χ4n) is 3.32. The van der Waals surface area contributed by atoms with Crippen LogP contribution >= 0.6 is 11.3 Å². The van der Waals surface area contributed by atoms with Gasteiger partial charge >= 0.3 is 0 Å². The van der Waals surface area contributed by atoms with Gasteiger partial charge in [0, 0.05) is 48.7 Å². The van der Waals surface area contributed by atoms with Gasteiger partial charge in [0.2, 0.25) is 0 Å². The molecule has 0 spiro atoms. The largest absolute Gasteiger partial charge is 0.333 e. The first kappa shape index (κ1) is 17.8. The smallest absolute Gasteiger partial charge is 0.273 e. The van der Waals surface area contributed by atoms with E-state index in [1.165, 1.54) is 11.3 Å². The summed E-state index contributed by atoms with van der Waals surface area (Å²) in [5.74, 6) is 0.0228. The molecule has 0 radical (unpaired) electrons. The van der Waals surface area contributed by atoms with Crippen molar-refractivity contribution < 1.29 is 4.79 Å². The van der Waals surface area contributed by atoms with Crippen molar-refractivity contribution >= 4 is 17.2 Å². The molecule has 1 aliphatic rings. The van der Waals surface area contributed by atoms with Gasteiger partial charge in [-0.15, -0.1) is 11.3 Å². The fourth-order valence-corrected chi connectivity index (χ4v) is 4.09. The fraction of sp³-hybridized carbons (Fsp3) is 0.368. The monoisotopic (exact) mass is 382 g/mol. The van der Waals surface area contributed by atoms with Gasteiger partial charge in [-0.2, -0.15) is 5.10 Å². The Morgan fingerprint density at radius 3 is 3.00 bits per heavy atom. The summed E-state index contributed by atoms with van der Waals surface area (Å²) in [5, 5.41) is 10.4. The number of hydrogen-bond donors (Lipinski definition) is 1. The molecule has 140 valence electrons. The standard InChI is InChI=1S/C19H22N6OS/c1-2-9-24(16-5-8-21-11-16)19(26)17-13-27-18(23-17)14-10-22-25(12-14)15-3-6-20-7-4-15/h3-4,6-7,10,12-13,16,21H,2,5,8-9,11H2,1H3/t16-/m1/s1. The normalized spacial score (nSPS) is 16.6. The van der Waals surface area contributed by atoms with Crippen LogP contribution in [0.15, 0.2) is 42.3 Å². The van der Waals surface area contributed by atoms with E-state index in [9.17, 15) is 4.79 Å². The van der Waals surface area contributed by atoms with Crippen molar-refractivity contribution in [1.82, 2.24) is 30.0 Å². The van der Waals surface area contributed by atoms with E-state index in [2.05, 4.69) is 27.3 Å². The van der Waals surface area contributed by atoms with Gasteiger partial charge in [0.25, 0.3) is 5.91 Å². The Balaban J connectivity index is 1.54. The molecular weight excluding hydrogens is 360 g/mol. The Morgan fingerprint density at radius 2 is 2.26 bits per heavy atom. The summed E-state index contributed by atoms with van der Waals surface area (Å²) < 4.78 is 1.79.